The highest BCUT2D eigenvalue weighted by Crippen LogP contribution is 2.37. The van der Waals surface area contributed by atoms with Crippen molar-refractivity contribution in [1.29, 1.82) is 0 Å². The molecule has 102 valence electrons. The van der Waals surface area contributed by atoms with Gasteiger partial charge in [-0.3, -0.25) is 0 Å². The molecule has 0 radical (unpaired) electrons. The van der Waals surface area contributed by atoms with Crippen LogP contribution in [0.5, 0.6) is 17.2 Å². The lowest BCUT2D eigenvalue weighted by Crippen LogP contribution is -2.00. The summed E-state index contributed by atoms with van der Waals surface area (Å²) in [5.74, 6) is 0.887. The monoisotopic (exact) mass is 272 g/mol. The van der Waals surface area contributed by atoms with E-state index in [2.05, 4.69) is 0 Å². The van der Waals surface area contributed by atoms with E-state index < -0.39 is 5.97 Å². The summed E-state index contributed by atoms with van der Waals surface area (Å²) >= 11 is 0. The second-order valence-corrected chi connectivity index (χ2v) is 4.28. The van der Waals surface area contributed by atoms with Gasteiger partial charge < -0.3 is 19.3 Å². The topological polar surface area (TPSA) is 65.0 Å². The van der Waals surface area contributed by atoms with Crippen LogP contribution in [0.4, 0.5) is 0 Å². The summed E-state index contributed by atoms with van der Waals surface area (Å²) in [4.78, 5) is 11.3. The Morgan fingerprint density at radius 1 is 1.15 bits per heavy atom. The number of carboxylic acid groups (broad SMARTS) is 1. The maximum absolute atomic E-state index is 11.3. The Morgan fingerprint density at radius 3 is 2.70 bits per heavy atom. The molecular weight excluding hydrogens is 260 g/mol. The lowest BCUT2D eigenvalue weighted by molar-refractivity contribution is 0.0697. The first-order chi connectivity index (χ1) is 9.69. The Hall–Kier alpha value is -2.69. The van der Waals surface area contributed by atoms with Crippen LogP contribution in [0.1, 0.15) is 10.4 Å². The molecule has 1 N–H and O–H groups in total. The van der Waals surface area contributed by atoms with E-state index >= 15 is 0 Å². The van der Waals surface area contributed by atoms with Gasteiger partial charge in [0.2, 0.25) is 6.79 Å². The van der Waals surface area contributed by atoms with Crippen LogP contribution in [-0.2, 0) is 0 Å². The van der Waals surface area contributed by atoms with Crippen LogP contribution in [0.25, 0.3) is 11.1 Å². The lowest BCUT2D eigenvalue weighted by atomic mass is 9.99. The van der Waals surface area contributed by atoms with Gasteiger partial charge in [0.25, 0.3) is 0 Å². The standard InChI is InChI=1S/C15H12O5/c1-18-10-3-4-11(15(16)17)12(7-10)9-2-5-13-14(6-9)20-8-19-13/h2-7H,8H2,1H3,(H,16,17). The van der Waals surface area contributed by atoms with Gasteiger partial charge in [-0.1, -0.05) is 6.07 Å². The van der Waals surface area contributed by atoms with Crippen LogP contribution in [-0.4, -0.2) is 25.0 Å². The van der Waals surface area contributed by atoms with Crippen molar-refractivity contribution in [2.24, 2.45) is 0 Å². The third kappa shape index (κ3) is 2.03. The van der Waals surface area contributed by atoms with Gasteiger partial charge in [0.05, 0.1) is 12.7 Å². The first-order valence-corrected chi connectivity index (χ1v) is 6.00. The summed E-state index contributed by atoms with van der Waals surface area (Å²) in [5, 5.41) is 9.29. The molecule has 0 saturated heterocycles. The number of ether oxygens (including phenoxy) is 3. The normalized spacial score (nSPS) is 12.2. The predicted molar refractivity (Wildman–Crippen MR) is 71.5 cm³/mol. The molecule has 0 amide bonds. The molecule has 5 heteroatoms. The molecule has 0 unspecified atom stereocenters. The van der Waals surface area contributed by atoms with E-state index in [9.17, 15) is 9.90 Å². The Balaban J connectivity index is 2.14. The molecule has 0 fully saturated rings. The lowest BCUT2D eigenvalue weighted by Gasteiger charge is -2.09. The predicted octanol–water partition coefficient (Wildman–Crippen LogP) is 2.79. The maximum Gasteiger partial charge on any atom is 0.336 e. The molecule has 0 spiro atoms. The van der Waals surface area contributed by atoms with E-state index in [1.807, 2.05) is 0 Å². The summed E-state index contributed by atoms with van der Waals surface area (Å²) in [5.41, 5.74) is 1.53. The van der Waals surface area contributed by atoms with Gasteiger partial charge in [0, 0.05) is 0 Å². The van der Waals surface area contributed by atoms with E-state index in [0.717, 1.165) is 5.56 Å². The van der Waals surface area contributed by atoms with Crippen LogP contribution in [0.3, 0.4) is 0 Å². The number of hydrogen-bond acceptors (Lipinski definition) is 4. The molecule has 0 saturated carbocycles. The van der Waals surface area contributed by atoms with E-state index in [1.165, 1.54) is 6.07 Å². The average molecular weight is 272 g/mol. The molecule has 0 aliphatic carbocycles. The van der Waals surface area contributed by atoms with E-state index in [-0.39, 0.29) is 12.4 Å². The van der Waals surface area contributed by atoms with Gasteiger partial charge in [-0.05, 0) is 41.5 Å². The zero-order valence-electron chi connectivity index (χ0n) is 10.8. The van der Waals surface area contributed by atoms with Crippen molar-refractivity contribution in [3.05, 3.63) is 42.0 Å². The molecule has 0 bridgehead atoms. The van der Waals surface area contributed by atoms with Gasteiger partial charge in [0.15, 0.2) is 11.5 Å². The Labute approximate surface area is 115 Å². The van der Waals surface area contributed by atoms with E-state index in [1.54, 1.807) is 37.4 Å². The summed E-state index contributed by atoms with van der Waals surface area (Å²) in [6.45, 7) is 0.183. The van der Waals surface area contributed by atoms with Crippen LogP contribution in [0.15, 0.2) is 36.4 Å². The molecule has 1 aliphatic heterocycles. The highest BCUT2D eigenvalue weighted by atomic mass is 16.7. The van der Waals surface area contributed by atoms with Gasteiger partial charge in [0.1, 0.15) is 5.75 Å². The summed E-state index contributed by atoms with van der Waals surface area (Å²) < 4.78 is 15.7. The third-order valence-corrected chi connectivity index (χ3v) is 3.14. The molecule has 1 heterocycles. The highest BCUT2D eigenvalue weighted by Gasteiger charge is 2.17. The molecule has 5 nitrogen and oxygen atoms in total. The van der Waals surface area contributed by atoms with Crippen molar-refractivity contribution in [2.45, 2.75) is 0 Å². The summed E-state index contributed by atoms with van der Waals surface area (Å²) in [6.07, 6.45) is 0. The second-order valence-electron chi connectivity index (χ2n) is 4.28. The van der Waals surface area contributed by atoms with Crippen LogP contribution < -0.4 is 14.2 Å². The Bertz CT molecular complexity index is 678. The smallest absolute Gasteiger partial charge is 0.336 e. The van der Waals surface area contributed by atoms with Gasteiger partial charge in [-0.2, -0.15) is 0 Å². The number of fused-ring (bicyclic) bond motifs is 1. The average Bonchev–Trinajstić information content (AvgIpc) is 2.93. The minimum absolute atomic E-state index is 0.183. The van der Waals surface area contributed by atoms with Crippen molar-refractivity contribution in [1.82, 2.24) is 0 Å². The zero-order valence-corrected chi connectivity index (χ0v) is 10.8. The third-order valence-electron chi connectivity index (χ3n) is 3.14. The van der Waals surface area contributed by atoms with Gasteiger partial charge >= 0.3 is 5.97 Å². The van der Waals surface area contributed by atoms with Crippen molar-refractivity contribution in [3.63, 3.8) is 0 Å². The van der Waals surface area contributed by atoms with Gasteiger partial charge in [-0.25, -0.2) is 4.79 Å². The minimum atomic E-state index is -0.986. The molecule has 1 aliphatic rings. The van der Waals surface area contributed by atoms with Crippen LogP contribution >= 0.6 is 0 Å². The fraction of sp³-hybridized carbons (Fsp3) is 0.133. The number of aromatic carboxylic acids is 1. The quantitative estimate of drug-likeness (QED) is 0.930. The zero-order chi connectivity index (χ0) is 14.1. The first-order valence-electron chi connectivity index (χ1n) is 6.00. The molecule has 0 aromatic heterocycles. The fourth-order valence-corrected chi connectivity index (χ4v) is 2.14. The van der Waals surface area contributed by atoms with Crippen molar-refractivity contribution >= 4 is 5.97 Å². The number of benzene rings is 2. The summed E-state index contributed by atoms with van der Waals surface area (Å²) in [6, 6.07) is 10.2. The number of rotatable bonds is 3. The van der Waals surface area contributed by atoms with Crippen molar-refractivity contribution < 1.29 is 24.1 Å². The Kier molecular flexibility index (Phi) is 2.95. The van der Waals surface area contributed by atoms with Crippen molar-refractivity contribution in [3.8, 4) is 28.4 Å². The number of hydrogen-bond donors (Lipinski definition) is 1. The SMILES string of the molecule is COc1ccc(C(=O)O)c(-c2ccc3c(c2)OCO3)c1. The number of carbonyl (C=O) groups is 1. The largest absolute Gasteiger partial charge is 0.497 e. The van der Waals surface area contributed by atoms with E-state index in [0.29, 0.717) is 22.8 Å². The molecular formula is C15H12O5. The van der Waals surface area contributed by atoms with Gasteiger partial charge in [-0.15, -0.1) is 0 Å². The molecule has 0 atom stereocenters. The number of carboxylic acids is 1. The maximum atomic E-state index is 11.3. The molecule has 3 rings (SSSR count). The Morgan fingerprint density at radius 2 is 1.95 bits per heavy atom. The molecule has 2 aromatic carbocycles. The molecule has 2 aromatic rings. The second kappa shape index (κ2) is 4.77. The number of methoxy groups -OCH3 is 1. The highest BCUT2D eigenvalue weighted by molar-refractivity contribution is 5.96. The summed E-state index contributed by atoms with van der Waals surface area (Å²) in [7, 11) is 1.54. The van der Waals surface area contributed by atoms with E-state index in [4.69, 9.17) is 14.2 Å². The van der Waals surface area contributed by atoms with Crippen molar-refractivity contribution in [2.75, 3.05) is 13.9 Å². The minimum Gasteiger partial charge on any atom is -0.497 e. The first kappa shape index (κ1) is 12.3. The van der Waals surface area contributed by atoms with Crippen LogP contribution in [0, 0.1) is 0 Å². The van der Waals surface area contributed by atoms with Crippen LogP contribution in [0.2, 0.25) is 0 Å². The fourth-order valence-electron chi connectivity index (χ4n) is 2.14. The molecule has 20 heavy (non-hydrogen) atoms.